The molecule has 50 valence electrons. The fourth-order valence-electron chi connectivity index (χ4n) is 0.357. The van der Waals surface area contributed by atoms with Crippen molar-refractivity contribution in [3.8, 4) is 0 Å². The van der Waals surface area contributed by atoms with Crippen LogP contribution in [0, 0.1) is 0 Å². The van der Waals surface area contributed by atoms with Gasteiger partial charge in [0.2, 0.25) is 0 Å². The summed E-state index contributed by atoms with van der Waals surface area (Å²) in [6.07, 6.45) is 1.89. The van der Waals surface area contributed by atoms with Gasteiger partial charge in [-0.15, -0.1) is 12.6 Å². The van der Waals surface area contributed by atoms with Crippen molar-refractivity contribution in [1.82, 2.24) is 0 Å². The molecule has 0 rings (SSSR count). The molecule has 0 aliphatic heterocycles. The molecule has 0 saturated carbocycles. The number of allylic oxidation sites excluding steroid dienone is 3. The van der Waals surface area contributed by atoms with Crippen LogP contribution in [0.4, 0.5) is 0 Å². The van der Waals surface area contributed by atoms with Gasteiger partial charge in [-0.25, -0.2) is 0 Å². The number of hydrogen-bond acceptors (Lipinski definition) is 1. The molecule has 1 heteroatoms. The molecule has 0 radical (unpaired) electrons. The second kappa shape index (κ2) is 3.57. The van der Waals surface area contributed by atoms with Gasteiger partial charge in [0.25, 0.3) is 0 Å². The molecule has 9 heavy (non-hydrogen) atoms. The van der Waals surface area contributed by atoms with Crippen LogP contribution in [0.3, 0.4) is 0 Å². The van der Waals surface area contributed by atoms with Gasteiger partial charge >= 0.3 is 0 Å². The highest BCUT2D eigenvalue weighted by Gasteiger charge is 1.87. The maximum Gasteiger partial charge on any atom is 0.00657 e. The smallest absolute Gasteiger partial charge is 0.00657 e. The summed E-state index contributed by atoms with van der Waals surface area (Å²) in [5, 5.41) is 0. The molecule has 0 fully saturated rings. The van der Waals surface area contributed by atoms with E-state index in [2.05, 4.69) is 25.8 Å². The van der Waals surface area contributed by atoms with Crippen molar-refractivity contribution in [1.29, 1.82) is 0 Å². The molecule has 0 aromatic heterocycles. The first kappa shape index (κ1) is 8.57. The SMILES string of the molecule is C=C(C)/C=C(/S)C(=C)C. The van der Waals surface area contributed by atoms with E-state index in [1.165, 1.54) is 0 Å². The van der Waals surface area contributed by atoms with Crippen molar-refractivity contribution >= 4 is 12.6 Å². The van der Waals surface area contributed by atoms with Crippen LogP contribution >= 0.6 is 12.6 Å². The Labute approximate surface area is 62.4 Å². The maximum atomic E-state index is 4.17. The molecule has 0 aliphatic carbocycles. The monoisotopic (exact) mass is 140 g/mol. The second-order valence-corrected chi connectivity index (χ2v) is 2.64. The predicted octanol–water partition coefficient (Wildman–Crippen LogP) is 2.95. The first-order valence-electron chi connectivity index (χ1n) is 2.76. The minimum absolute atomic E-state index is 0.905. The van der Waals surface area contributed by atoms with Gasteiger partial charge in [-0.1, -0.05) is 18.7 Å². The van der Waals surface area contributed by atoms with Crippen LogP contribution in [0.2, 0.25) is 0 Å². The first-order chi connectivity index (χ1) is 4.04. The van der Waals surface area contributed by atoms with E-state index in [4.69, 9.17) is 0 Å². The predicted molar refractivity (Wildman–Crippen MR) is 46.7 cm³/mol. The lowest BCUT2D eigenvalue weighted by atomic mass is 10.2. The first-order valence-corrected chi connectivity index (χ1v) is 3.21. The maximum absolute atomic E-state index is 4.17. The summed E-state index contributed by atoms with van der Waals surface area (Å²) in [6.45, 7) is 11.3. The van der Waals surface area contributed by atoms with Crippen LogP contribution in [-0.4, -0.2) is 0 Å². The molecular formula is C8H12S. The van der Waals surface area contributed by atoms with Gasteiger partial charge in [0.15, 0.2) is 0 Å². The van der Waals surface area contributed by atoms with E-state index in [1.807, 2.05) is 19.9 Å². The molecule has 0 nitrogen and oxygen atoms in total. The molecule has 0 aliphatic rings. The number of rotatable bonds is 2. The molecule has 0 N–H and O–H groups in total. The van der Waals surface area contributed by atoms with Crippen molar-refractivity contribution in [3.05, 3.63) is 35.3 Å². The van der Waals surface area contributed by atoms with E-state index in [0.717, 1.165) is 16.1 Å². The van der Waals surface area contributed by atoms with Crippen LogP contribution in [0.5, 0.6) is 0 Å². The van der Waals surface area contributed by atoms with E-state index >= 15 is 0 Å². The quantitative estimate of drug-likeness (QED) is 0.442. The Kier molecular flexibility index (Phi) is 3.40. The Morgan fingerprint density at radius 1 is 1.33 bits per heavy atom. The van der Waals surface area contributed by atoms with Gasteiger partial charge in [-0.3, -0.25) is 0 Å². The van der Waals surface area contributed by atoms with Gasteiger partial charge in [-0.2, -0.15) is 0 Å². The van der Waals surface area contributed by atoms with Gasteiger partial charge in [0, 0.05) is 4.91 Å². The van der Waals surface area contributed by atoms with Crippen molar-refractivity contribution < 1.29 is 0 Å². The molecule has 0 amide bonds. The lowest BCUT2D eigenvalue weighted by molar-refractivity contribution is 1.48. The van der Waals surface area contributed by atoms with Crippen LogP contribution < -0.4 is 0 Å². The fourth-order valence-corrected chi connectivity index (χ4v) is 0.577. The molecule has 0 aromatic carbocycles. The molecule has 0 heterocycles. The van der Waals surface area contributed by atoms with Crippen molar-refractivity contribution in [2.45, 2.75) is 13.8 Å². The normalized spacial score (nSPS) is 11.2. The van der Waals surface area contributed by atoms with Gasteiger partial charge in [0.05, 0.1) is 0 Å². The van der Waals surface area contributed by atoms with Crippen LogP contribution in [0.15, 0.2) is 35.3 Å². The van der Waals surface area contributed by atoms with Crippen LogP contribution in [0.25, 0.3) is 0 Å². The molecule has 0 aromatic rings. The Morgan fingerprint density at radius 2 is 1.78 bits per heavy atom. The zero-order valence-corrected chi connectivity index (χ0v) is 6.83. The molecule has 0 bridgehead atoms. The van der Waals surface area contributed by atoms with E-state index in [0.29, 0.717) is 0 Å². The van der Waals surface area contributed by atoms with Crippen molar-refractivity contribution in [2.75, 3.05) is 0 Å². The van der Waals surface area contributed by atoms with Crippen molar-refractivity contribution in [2.24, 2.45) is 0 Å². The van der Waals surface area contributed by atoms with Gasteiger partial charge < -0.3 is 0 Å². The Morgan fingerprint density at radius 3 is 1.89 bits per heavy atom. The third kappa shape index (κ3) is 4.10. The topological polar surface area (TPSA) is 0 Å². The van der Waals surface area contributed by atoms with Crippen LogP contribution in [0.1, 0.15) is 13.8 Å². The van der Waals surface area contributed by atoms with Gasteiger partial charge in [0.1, 0.15) is 0 Å². The Bertz CT molecular complexity index is 163. The summed E-state index contributed by atoms with van der Waals surface area (Å²) in [5.41, 5.74) is 1.98. The Hall–Kier alpha value is -0.430. The van der Waals surface area contributed by atoms with E-state index in [9.17, 15) is 0 Å². The highest BCUT2D eigenvalue weighted by molar-refractivity contribution is 7.84. The lowest BCUT2D eigenvalue weighted by Gasteiger charge is -1.95. The molecule has 0 spiro atoms. The zero-order valence-electron chi connectivity index (χ0n) is 5.94. The second-order valence-electron chi connectivity index (χ2n) is 2.16. The fraction of sp³-hybridized carbons (Fsp3) is 0.250. The van der Waals surface area contributed by atoms with Gasteiger partial charge in [-0.05, 0) is 25.5 Å². The molecule has 0 atom stereocenters. The van der Waals surface area contributed by atoms with E-state index in [-0.39, 0.29) is 0 Å². The lowest BCUT2D eigenvalue weighted by Crippen LogP contribution is -1.72. The molecule has 0 unspecified atom stereocenters. The van der Waals surface area contributed by atoms with Crippen molar-refractivity contribution in [3.63, 3.8) is 0 Å². The summed E-state index contributed by atoms with van der Waals surface area (Å²) >= 11 is 4.17. The summed E-state index contributed by atoms with van der Waals surface area (Å²) in [4.78, 5) is 0.905. The minimum atomic E-state index is 0.905. The third-order valence-corrected chi connectivity index (χ3v) is 1.33. The average Bonchev–Trinajstić information content (AvgIpc) is 1.63. The van der Waals surface area contributed by atoms with E-state index in [1.54, 1.807) is 0 Å². The molecular weight excluding hydrogens is 128 g/mol. The van der Waals surface area contributed by atoms with Crippen LogP contribution in [-0.2, 0) is 0 Å². The molecule has 0 saturated heterocycles. The summed E-state index contributed by atoms with van der Waals surface area (Å²) in [6, 6.07) is 0. The number of thiol groups is 1. The third-order valence-electron chi connectivity index (χ3n) is 0.820. The highest BCUT2D eigenvalue weighted by atomic mass is 32.1. The standard InChI is InChI=1S/C8H12S/c1-6(2)5-8(9)7(3)4/h5,9H,1,3H2,2,4H3/b8-5+. The average molecular weight is 140 g/mol. The minimum Gasteiger partial charge on any atom is -0.143 e. The number of hydrogen-bond donors (Lipinski definition) is 1. The zero-order chi connectivity index (χ0) is 7.44. The highest BCUT2D eigenvalue weighted by Crippen LogP contribution is 2.12. The Balaban J connectivity index is 4.17. The summed E-state index contributed by atoms with van der Waals surface area (Å²) in [7, 11) is 0. The summed E-state index contributed by atoms with van der Waals surface area (Å²) < 4.78 is 0. The largest absolute Gasteiger partial charge is 0.143 e. The van der Waals surface area contributed by atoms with E-state index < -0.39 is 0 Å². The summed E-state index contributed by atoms with van der Waals surface area (Å²) in [5.74, 6) is 0.